The summed E-state index contributed by atoms with van der Waals surface area (Å²) in [6.45, 7) is 6.85. The van der Waals surface area contributed by atoms with Crippen LogP contribution in [0.15, 0.2) is 36.4 Å². The van der Waals surface area contributed by atoms with Crippen LogP contribution in [0.3, 0.4) is 0 Å². The monoisotopic (exact) mass is 218 g/mol. The first-order chi connectivity index (χ1) is 6.98. The van der Waals surface area contributed by atoms with Gasteiger partial charge in [-0.15, -0.1) is 0 Å². The Kier molecular flexibility index (Phi) is 2.39. The lowest BCUT2D eigenvalue weighted by Gasteiger charge is -2.19. The minimum absolute atomic E-state index is 0.145. The number of hydrogen-bond donors (Lipinski definition) is 0. The molecule has 0 nitrogen and oxygen atoms in total. The van der Waals surface area contributed by atoms with Crippen molar-refractivity contribution in [2.24, 2.45) is 0 Å². The summed E-state index contributed by atoms with van der Waals surface area (Å²) in [7, 11) is -1.39. The lowest BCUT2D eigenvalue weighted by Crippen LogP contribution is -2.37. The molecule has 0 saturated carbocycles. The zero-order valence-electron chi connectivity index (χ0n) is 9.34. The summed E-state index contributed by atoms with van der Waals surface area (Å²) in [4.78, 5) is 0. The molecular formula is C13H15FSi. The van der Waals surface area contributed by atoms with Crippen LogP contribution in [0.4, 0.5) is 4.39 Å². The van der Waals surface area contributed by atoms with E-state index in [0.717, 1.165) is 10.8 Å². The van der Waals surface area contributed by atoms with E-state index in [2.05, 4.69) is 31.8 Å². The summed E-state index contributed by atoms with van der Waals surface area (Å²) in [5.74, 6) is -0.145. The molecule has 0 bridgehead atoms. The van der Waals surface area contributed by atoms with Crippen LogP contribution in [-0.2, 0) is 0 Å². The zero-order valence-corrected chi connectivity index (χ0v) is 10.3. The quantitative estimate of drug-likeness (QED) is 0.642. The molecule has 2 rings (SSSR count). The number of rotatable bonds is 1. The van der Waals surface area contributed by atoms with Gasteiger partial charge < -0.3 is 0 Å². The molecule has 2 heteroatoms. The van der Waals surface area contributed by atoms with Gasteiger partial charge in [-0.2, -0.15) is 0 Å². The highest BCUT2D eigenvalue weighted by molar-refractivity contribution is 6.90. The molecular weight excluding hydrogens is 203 g/mol. The molecule has 0 amide bonds. The average molecular weight is 218 g/mol. The molecule has 0 N–H and O–H groups in total. The maximum atomic E-state index is 13.2. The Morgan fingerprint density at radius 3 is 2.40 bits per heavy atom. The van der Waals surface area contributed by atoms with E-state index in [1.54, 1.807) is 6.07 Å². The third kappa shape index (κ3) is 1.95. The molecule has 0 aliphatic carbocycles. The van der Waals surface area contributed by atoms with Gasteiger partial charge in [-0.25, -0.2) is 4.39 Å². The van der Waals surface area contributed by atoms with E-state index >= 15 is 0 Å². The summed E-state index contributed by atoms with van der Waals surface area (Å²) in [5.41, 5.74) is 0. The first-order valence-corrected chi connectivity index (χ1v) is 8.67. The van der Waals surface area contributed by atoms with Gasteiger partial charge in [0.2, 0.25) is 0 Å². The Morgan fingerprint density at radius 2 is 1.73 bits per heavy atom. The molecule has 0 radical (unpaired) electrons. The third-order valence-corrected chi connectivity index (χ3v) is 4.70. The normalized spacial score (nSPS) is 12.0. The van der Waals surface area contributed by atoms with Crippen molar-refractivity contribution < 1.29 is 4.39 Å². The lowest BCUT2D eigenvalue weighted by atomic mass is 10.1. The van der Waals surface area contributed by atoms with Gasteiger partial charge in [0.1, 0.15) is 5.82 Å². The van der Waals surface area contributed by atoms with Gasteiger partial charge in [0, 0.05) is 0 Å². The molecule has 0 fully saturated rings. The predicted molar refractivity (Wildman–Crippen MR) is 66.9 cm³/mol. The smallest absolute Gasteiger partial charge is 0.123 e. The highest BCUT2D eigenvalue weighted by Gasteiger charge is 2.18. The SMILES string of the molecule is C[Si](C)(C)c1cccc2ccc(F)cc12. The Balaban J connectivity index is 2.80. The van der Waals surface area contributed by atoms with Crippen LogP contribution in [0.1, 0.15) is 0 Å². The van der Waals surface area contributed by atoms with Gasteiger partial charge in [-0.1, -0.05) is 49.1 Å². The highest BCUT2D eigenvalue weighted by Crippen LogP contribution is 2.17. The van der Waals surface area contributed by atoms with E-state index in [9.17, 15) is 4.39 Å². The van der Waals surface area contributed by atoms with Crippen LogP contribution in [-0.4, -0.2) is 8.07 Å². The fraction of sp³-hybridized carbons (Fsp3) is 0.231. The summed E-state index contributed by atoms with van der Waals surface area (Å²) in [6.07, 6.45) is 0. The van der Waals surface area contributed by atoms with Crippen LogP contribution >= 0.6 is 0 Å². The Morgan fingerprint density at radius 1 is 1.00 bits per heavy atom. The van der Waals surface area contributed by atoms with Crippen molar-refractivity contribution in [3.05, 3.63) is 42.2 Å². The van der Waals surface area contributed by atoms with Crippen molar-refractivity contribution in [3.63, 3.8) is 0 Å². The predicted octanol–water partition coefficient (Wildman–Crippen LogP) is 3.52. The molecule has 78 valence electrons. The van der Waals surface area contributed by atoms with Crippen molar-refractivity contribution in [1.82, 2.24) is 0 Å². The standard InChI is InChI=1S/C13H15FSi/c1-15(2,3)13-6-4-5-10-7-8-11(14)9-12(10)13/h4-9H,1-3H3. The van der Waals surface area contributed by atoms with Gasteiger partial charge in [0.15, 0.2) is 0 Å². The maximum Gasteiger partial charge on any atom is 0.123 e. The molecule has 0 unspecified atom stereocenters. The minimum atomic E-state index is -1.39. The van der Waals surface area contributed by atoms with Crippen molar-refractivity contribution >= 4 is 24.0 Å². The third-order valence-electron chi connectivity index (χ3n) is 2.65. The first kappa shape index (κ1) is 10.4. The lowest BCUT2D eigenvalue weighted by molar-refractivity contribution is 0.630. The number of benzene rings is 2. The Hall–Kier alpha value is -1.15. The topological polar surface area (TPSA) is 0 Å². The highest BCUT2D eigenvalue weighted by atomic mass is 28.3. The molecule has 0 saturated heterocycles. The Labute approximate surface area is 90.8 Å². The van der Waals surface area contributed by atoms with Crippen molar-refractivity contribution in [2.45, 2.75) is 19.6 Å². The summed E-state index contributed by atoms with van der Waals surface area (Å²) in [6, 6.07) is 11.3. The van der Waals surface area contributed by atoms with Gasteiger partial charge >= 0.3 is 0 Å². The molecule has 0 heterocycles. The van der Waals surface area contributed by atoms with Crippen LogP contribution in [0.25, 0.3) is 10.8 Å². The van der Waals surface area contributed by atoms with E-state index < -0.39 is 8.07 Å². The molecule has 0 aliphatic heterocycles. The largest absolute Gasteiger partial charge is 0.207 e. The van der Waals surface area contributed by atoms with Crippen molar-refractivity contribution in [2.75, 3.05) is 0 Å². The van der Waals surface area contributed by atoms with Crippen LogP contribution < -0.4 is 5.19 Å². The number of halogens is 1. The van der Waals surface area contributed by atoms with E-state index in [1.807, 2.05) is 12.1 Å². The van der Waals surface area contributed by atoms with Crippen LogP contribution in [0.5, 0.6) is 0 Å². The summed E-state index contributed by atoms with van der Waals surface area (Å²) in [5, 5.41) is 3.55. The van der Waals surface area contributed by atoms with Gasteiger partial charge in [-0.05, 0) is 22.9 Å². The summed E-state index contributed by atoms with van der Waals surface area (Å²) >= 11 is 0. The zero-order chi connectivity index (χ0) is 11.1. The number of hydrogen-bond acceptors (Lipinski definition) is 0. The van der Waals surface area contributed by atoms with E-state index in [-0.39, 0.29) is 5.82 Å². The van der Waals surface area contributed by atoms with E-state index in [4.69, 9.17) is 0 Å². The van der Waals surface area contributed by atoms with Crippen molar-refractivity contribution in [1.29, 1.82) is 0 Å². The van der Waals surface area contributed by atoms with Gasteiger partial charge in [0.25, 0.3) is 0 Å². The van der Waals surface area contributed by atoms with Crippen LogP contribution in [0.2, 0.25) is 19.6 Å². The molecule has 0 aliphatic rings. The van der Waals surface area contributed by atoms with Gasteiger partial charge in [-0.3, -0.25) is 0 Å². The molecule has 2 aromatic carbocycles. The second-order valence-corrected chi connectivity index (χ2v) is 9.96. The summed E-state index contributed by atoms with van der Waals surface area (Å²) < 4.78 is 13.2. The minimum Gasteiger partial charge on any atom is -0.207 e. The van der Waals surface area contributed by atoms with Gasteiger partial charge in [0.05, 0.1) is 8.07 Å². The number of fused-ring (bicyclic) bond motifs is 1. The molecule has 2 aromatic rings. The molecule has 0 spiro atoms. The van der Waals surface area contributed by atoms with Crippen LogP contribution in [0, 0.1) is 5.82 Å². The van der Waals surface area contributed by atoms with E-state index in [1.165, 1.54) is 11.3 Å². The Bertz CT molecular complexity index is 497. The fourth-order valence-corrected chi connectivity index (χ4v) is 3.52. The second-order valence-electron chi connectivity index (χ2n) is 4.92. The first-order valence-electron chi connectivity index (χ1n) is 5.17. The van der Waals surface area contributed by atoms with Crippen molar-refractivity contribution in [3.8, 4) is 0 Å². The average Bonchev–Trinajstić information content (AvgIpc) is 2.15. The van der Waals surface area contributed by atoms with E-state index in [0.29, 0.717) is 0 Å². The molecule has 15 heavy (non-hydrogen) atoms. The molecule has 0 aromatic heterocycles. The second kappa shape index (κ2) is 3.45. The fourth-order valence-electron chi connectivity index (χ4n) is 1.90. The molecule has 0 atom stereocenters. The maximum absolute atomic E-state index is 13.2.